The van der Waals surface area contributed by atoms with Crippen LogP contribution in [-0.2, 0) is 17.4 Å². The van der Waals surface area contributed by atoms with Crippen LogP contribution in [0.3, 0.4) is 0 Å². The quantitative estimate of drug-likeness (QED) is 0.456. The summed E-state index contributed by atoms with van der Waals surface area (Å²) in [5, 5.41) is 5.97. The van der Waals surface area contributed by atoms with Crippen LogP contribution in [0.25, 0.3) is 0 Å². The maximum absolute atomic E-state index is 13.0. The molecule has 2 aliphatic heterocycles. The molecule has 0 radical (unpaired) electrons. The van der Waals surface area contributed by atoms with Gasteiger partial charge in [-0.2, -0.15) is 0 Å². The molecule has 2 aromatic heterocycles. The van der Waals surface area contributed by atoms with E-state index < -0.39 is 11.0 Å². The van der Waals surface area contributed by atoms with Gasteiger partial charge < -0.3 is 10.2 Å². The minimum atomic E-state index is -1.000. The molecule has 1 amide bonds. The zero-order chi connectivity index (χ0) is 24.7. The van der Waals surface area contributed by atoms with Gasteiger partial charge >= 0.3 is 0 Å². The smallest absolute Gasteiger partial charge is 0.275 e. The summed E-state index contributed by atoms with van der Waals surface area (Å²) < 4.78 is 14.8. The average Bonchev–Trinajstić information content (AvgIpc) is 3.44. The topological polar surface area (TPSA) is 78.4 Å². The van der Waals surface area contributed by atoms with Crippen LogP contribution in [0.4, 0.5) is 11.4 Å². The molecule has 0 spiro atoms. The van der Waals surface area contributed by atoms with Gasteiger partial charge in [-0.1, -0.05) is 18.2 Å². The maximum atomic E-state index is 13.0. The van der Waals surface area contributed by atoms with E-state index in [1.165, 1.54) is 19.3 Å². The highest BCUT2D eigenvalue weighted by molar-refractivity contribution is 7.82. The van der Waals surface area contributed by atoms with Crippen LogP contribution in [0.5, 0.6) is 0 Å². The van der Waals surface area contributed by atoms with Crippen molar-refractivity contribution in [1.82, 2.24) is 14.3 Å². The Kier molecular flexibility index (Phi) is 8.40. The Labute approximate surface area is 219 Å². The first-order valence-electron chi connectivity index (χ1n) is 12.8. The molecule has 36 heavy (non-hydrogen) atoms. The molecule has 4 heterocycles. The molecule has 0 aliphatic carbocycles. The van der Waals surface area contributed by atoms with E-state index >= 15 is 0 Å². The summed E-state index contributed by atoms with van der Waals surface area (Å²) in [7, 11) is -1.000. The fourth-order valence-corrected chi connectivity index (χ4v) is 7.16. The number of aromatic nitrogens is 2. The summed E-state index contributed by atoms with van der Waals surface area (Å²) in [6, 6.07) is 13.9. The van der Waals surface area contributed by atoms with Crippen molar-refractivity contribution < 1.29 is 9.00 Å². The van der Waals surface area contributed by atoms with E-state index in [0.717, 1.165) is 67.5 Å². The minimum absolute atomic E-state index is 0.157. The summed E-state index contributed by atoms with van der Waals surface area (Å²) in [5.41, 5.74) is 3.39. The number of anilines is 2. The first-order valence-corrected chi connectivity index (χ1v) is 15.0. The minimum Gasteiger partial charge on any atom is -0.370 e. The number of pyridine rings is 1. The first kappa shape index (κ1) is 25.0. The van der Waals surface area contributed by atoms with E-state index in [2.05, 4.69) is 25.6 Å². The van der Waals surface area contributed by atoms with Crippen molar-refractivity contribution >= 4 is 39.6 Å². The summed E-state index contributed by atoms with van der Waals surface area (Å²) in [5.74, 6) is 0.749. The number of aryl methyl sites for hydroxylation is 1. The Morgan fingerprint density at radius 3 is 2.58 bits per heavy atom. The van der Waals surface area contributed by atoms with Gasteiger partial charge in [-0.15, -0.1) is 11.3 Å². The summed E-state index contributed by atoms with van der Waals surface area (Å²) in [4.78, 5) is 24.4. The van der Waals surface area contributed by atoms with Crippen LogP contribution in [0, 0.1) is 0 Å². The number of amides is 1. The highest BCUT2D eigenvalue weighted by atomic mass is 32.2. The number of nitrogens with zero attached hydrogens (tertiary/aromatic N) is 4. The monoisotopic (exact) mass is 523 g/mol. The molecular formula is C27H33N5O2S2. The maximum Gasteiger partial charge on any atom is 0.275 e. The summed E-state index contributed by atoms with van der Waals surface area (Å²) >= 11 is 1.56. The number of carbonyl (C=O) groups excluding carboxylic acids is 1. The first-order chi connectivity index (χ1) is 17.7. The molecule has 1 unspecified atom stereocenters. The Balaban J connectivity index is 1.14. The molecule has 1 atom stereocenters. The number of benzene rings is 1. The molecular weight excluding hydrogens is 490 g/mol. The lowest BCUT2D eigenvalue weighted by atomic mass is 9.99. The van der Waals surface area contributed by atoms with Crippen molar-refractivity contribution in [3.8, 4) is 0 Å². The fraction of sp³-hybridized carbons (Fsp3) is 0.444. The average molecular weight is 524 g/mol. The molecule has 5 rings (SSSR count). The molecule has 9 heteroatoms. The van der Waals surface area contributed by atoms with Crippen molar-refractivity contribution in [3.63, 3.8) is 0 Å². The zero-order valence-corrected chi connectivity index (χ0v) is 22.1. The fourth-order valence-electron chi connectivity index (χ4n) is 4.93. The molecule has 2 aliphatic rings. The lowest BCUT2D eigenvalue weighted by molar-refractivity contribution is 0.102. The van der Waals surface area contributed by atoms with Gasteiger partial charge in [0.05, 0.1) is 27.4 Å². The van der Waals surface area contributed by atoms with Gasteiger partial charge in [-0.3, -0.25) is 9.78 Å². The van der Waals surface area contributed by atoms with Gasteiger partial charge in [0, 0.05) is 61.5 Å². The number of rotatable bonds is 8. The van der Waals surface area contributed by atoms with E-state index in [0.29, 0.717) is 17.4 Å². The van der Waals surface area contributed by atoms with Gasteiger partial charge in [0.1, 0.15) is 5.69 Å². The zero-order valence-electron chi connectivity index (χ0n) is 20.5. The SMILES string of the molecule is O=C(Nc1ccccc1N1CCCCC1)c1csc(C2CCN(S(=O)CCc3ccccn3)CC2)n1. The third-order valence-corrected chi connectivity index (χ3v) is 9.46. The molecule has 7 nitrogen and oxygen atoms in total. The van der Waals surface area contributed by atoms with Gasteiger partial charge in [0.15, 0.2) is 0 Å². The van der Waals surface area contributed by atoms with Crippen molar-refractivity contribution in [2.75, 3.05) is 42.1 Å². The number of hydrogen-bond acceptors (Lipinski definition) is 6. The van der Waals surface area contributed by atoms with Gasteiger partial charge in [-0.25, -0.2) is 13.5 Å². The van der Waals surface area contributed by atoms with Crippen molar-refractivity contribution in [1.29, 1.82) is 0 Å². The van der Waals surface area contributed by atoms with Crippen molar-refractivity contribution in [2.24, 2.45) is 0 Å². The number of hydrogen-bond donors (Lipinski definition) is 1. The Morgan fingerprint density at radius 1 is 1.03 bits per heavy atom. The summed E-state index contributed by atoms with van der Waals surface area (Å²) in [6.45, 7) is 3.62. The highest BCUT2D eigenvalue weighted by Crippen LogP contribution is 2.32. The standard InChI is InChI=1S/C27H33N5O2S2/c33-26(29-23-9-2-3-10-25(23)31-15-6-1-7-16-31)24-20-35-27(30-24)21-11-17-32(18-12-21)36(34)19-13-22-8-4-5-14-28-22/h2-5,8-10,14,20-21H,1,6-7,11-13,15-19H2,(H,29,33). The molecule has 2 fully saturated rings. The molecule has 3 aromatic rings. The van der Waals surface area contributed by atoms with Crippen LogP contribution < -0.4 is 10.2 Å². The Morgan fingerprint density at radius 2 is 1.81 bits per heavy atom. The van der Waals surface area contributed by atoms with Gasteiger partial charge in [0.2, 0.25) is 0 Å². The third-order valence-electron chi connectivity index (χ3n) is 6.95. The van der Waals surface area contributed by atoms with Crippen LogP contribution in [0.1, 0.15) is 59.2 Å². The Hall–Kier alpha value is -2.62. The van der Waals surface area contributed by atoms with Crippen molar-refractivity contribution in [3.05, 3.63) is 70.4 Å². The number of para-hydroxylation sites is 2. The van der Waals surface area contributed by atoms with E-state index in [1.54, 1.807) is 17.5 Å². The second kappa shape index (κ2) is 12.1. The van der Waals surface area contributed by atoms with E-state index in [4.69, 9.17) is 4.98 Å². The van der Waals surface area contributed by atoms with Crippen LogP contribution in [0.2, 0.25) is 0 Å². The van der Waals surface area contributed by atoms with Gasteiger partial charge in [-0.05, 0) is 56.4 Å². The third kappa shape index (κ3) is 6.19. The van der Waals surface area contributed by atoms with Gasteiger partial charge in [0.25, 0.3) is 5.91 Å². The molecule has 0 bridgehead atoms. The van der Waals surface area contributed by atoms with E-state index in [1.807, 2.05) is 41.8 Å². The number of piperidine rings is 2. The lowest BCUT2D eigenvalue weighted by Gasteiger charge is -2.30. The van der Waals surface area contributed by atoms with Crippen LogP contribution >= 0.6 is 11.3 Å². The molecule has 190 valence electrons. The normalized spacial score (nSPS) is 18.2. The predicted molar refractivity (Wildman–Crippen MR) is 147 cm³/mol. The second-order valence-corrected chi connectivity index (χ2v) is 11.8. The van der Waals surface area contributed by atoms with Crippen LogP contribution in [-0.4, -0.2) is 56.3 Å². The molecule has 1 aromatic carbocycles. The molecule has 2 saturated heterocycles. The van der Waals surface area contributed by atoms with E-state index in [9.17, 15) is 9.00 Å². The Bertz CT molecular complexity index is 1170. The van der Waals surface area contributed by atoms with E-state index in [-0.39, 0.29) is 5.91 Å². The van der Waals surface area contributed by atoms with Crippen LogP contribution in [0.15, 0.2) is 54.0 Å². The number of thiazole rings is 1. The van der Waals surface area contributed by atoms with Crippen molar-refractivity contribution in [2.45, 2.75) is 44.4 Å². The number of nitrogens with one attached hydrogen (secondary N) is 1. The lowest BCUT2D eigenvalue weighted by Crippen LogP contribution is -2.36. The number of carbonyl (C=O) groups is 1. The second-order valence-electron chi connectivity index (χ2n) is 9.39. The predicted octanol–water partition coefficient (Wildman–Crippen LogP) is 4.87. The largest absolute Gasteiger partial charge is 0.370 e. The molecule has 0 saturated carbocycles. The molecule has 1 N–H and O–H groups in total. The highest BCUT2D eigenvalue weighted by Gasteiger charge is 2.27. The summed E-state index contributed by atoms with van der Waals surface area (Å²) in [6.07, 6.45) is 7.96.